The number of nitrogens with zero attached hydrogens (tertiary/aromatic N) is 1. The molecule has 25 heavy (non-hydrogen) atoms. The van der Waals surface area contributed by atoms with Gasteiger partial charge in [-0.25, -0.2) is 0 Å². The third kappa shape index (κ3) is 9.31. The smallest absolute Gasteiger partial charge is 0.303 e. The van der Waals surface area contributed by atoms with E-state index in [0.717, 1.165) is 32.1 Å². The van der Waals surface area contributed by atoms with E-state index in [0.29, 0.717) is 32.2 Å². The van der Waals surface area contributed by atoms with Gasteiger partial charge in [0.05, 0.1) is 12.1 Å². The van der Waals surface area contributed by atoms with Gasteiger partial charge in [-0.3, -0.25) is 9.59 Å². The van der Waals surface area contributed by atoms with Crippen LogP contribution in [0.3, 0.4) is 0 Å². The first-order valence-corrected chi connectivity index (χ1v) is 9.38. The molecule has 0 saturated carbocycles. The average Bonchev–Trinajstić information content (AvgIpc) is 2.93. The van der Waals surface area contributed by atoms with Gasteiger partial charge in [-0.15, -0.1) is 11.8 Å². The second-order valence-electron chi connectivity index (χ2n) is 6.45. The summed E-state index contributed by atoms with van der Waals surface area (Å²) in [5, 5.41) is 18.6. The van der Waals surface area contributed by atoms with E-state index in [9.17, 15) is 14.7 Å². The molecule has 0 aromatic heterocycles. The second-order valence-corrected chi connectivity index (χ2v) is 6.45. The molecule has 0 aromatic rings. The minimum absolute atomic E-state index is 0.0721. The van der Waals surface area contributed by atoms with Crippen molar-refractivity contribution in [2.45, 2.75) is 83.3 Å². The van der Waals surface area contributed by atoms with Crippen LogP contribution in [0.5, 0.6) is 0 Å². The van der Waals surface area contributed by atoms with Crippen LogP contribution in [0, 0.1) is 11.8 Å². The number of aliphatic carboxylic acids is 1. The standard InChI is InChI=1S/C20H31NO4/c1-2-3-4-7-10-18(22)14-12-17-13-15-19(23)21(17)16-9-6-5-8-11-20(24)25/h12,14,17-18,22H,2,5-11,13,15-16H2,1H3,(H,24,25)/b14-12+. The predicted octanol–water partition coefficient (Wildman–Crippen LogP) is 3.12. The summed E-state index contributed by atoms with van der Waals surface area (Å²) in [4.78, 5) is 24.4. The van der Waals surface area contributed by atoms with Crippen molar-refractivity contribution in [3.8, 4) is 11.8 Å². The number of carboxylic acids is 1. The third-order valence-electron chi connectivity index (χ3n) is 4.34. The van der Waals surface area contributed by atoms with E-state index >= 15 is 0 Å². The van der Waals surface area contributed by atoms with Gasteiger partial charge in [-0.05, 0) is 25.7 Å². The van der Waals surface area contributed by atoms with Crippen molar-refractivity contribution in [3.63, 3.8) is 0 Å². The highest BCUT2D eigenvalue weighted by atomic mass is 16.4. The fourth-order valence-corrected chi connectivity index (χ4v) is 2.94. The summed E-state index contributed by atoms with van der Waals surface area (Å²) in [5.74, 6) is 5.42. The van der Waals surface area contributed by atoms with Crippen molar-refractivity contribution in [2.24, 2.45) is 0 Å². The van der Waals surface area contributed by atoms with Gasteiger partial charge >= 0.3 is 5.97 Å². The molecule has 5 heteroatoms. The molecular formula is C20H31NO4. The highest BCUT2D eigenvalue weighted by Crippen LogP contribution is 2.21. The van der Waals surface area contributed by atoms with Gasteiger partial charge in [-0.1, -0.05) is 31.9 Å². The molecule has 2 atom stereocenters. The van der Waals surface area contributed by atoms with E-state index in [1.54, 1.807) is 6.08 Å². The summed E-state index contributed by atoms with van der Waals surface area (Å²) in [6.07, 6.45) is 10.3. The normalized spacial score (nSPS) is 18.4. The summed E-state index contributed by atoms with van der Waals surface area (Å²) in [6.45, 7) is 2.71. The molecule has 140 valence electrons. The number of carbonyl (C=O) groups excluding carboxylic acids is 1. The first-order valence-electron chi connectivity index (χ1n) is 9.38. The van der Waals surface area contributed by atoms with Crippen molar-refractivity contribution in [2.75, 3.05) is 6.54 Å². The SMILES string of the molecule is CCC#CCCC(O)/C=C/C1CCC(=O)N1CCCCCCC(=O)O. The van der Waals surface area contributed by atoms with Crippen molar-refractivity contribution >= 4 is 11.9 Å². The van der Waals surface area contributed by atoms with Gasteiger partial charge < -0.3 is 15.1 Å². The summed E-state index contributed by atoms with van der Waals surface area (Å²) < 4.78 is 0. The molecule has 1 aliphatic heterocycles. The molecule has 0 aromatic carbocycles. The summed E-state index contributed by atoms with van der Waals surface area (Å²) >= 11 is 0. The van der Waals surface area contributed by atoms with Crippen molar-refractivity contribution < 1.29 is 19.8 Å². The number of carbonyl (C=O) groups is 2. The molecule has 5 nitrogen and oxygen atoms in total. The zero-order valence-corrected chi connectivity index (χ0v) is 15.2. The van der Waals surface area contributed by atoms with Crippen LogP contribution in [-0.4, -0.2) is 45.7 Å². The Balaban J connectivity index is 2.31. The van der Waals surface area contributed by atoms with Crippen molar-refractivity contribution in [1.82, 2.24) is 4.90 Å². The number of likely N-dealkylation sites (tertiary alicyclic amines) is 1. The first-order chi connectivity index (χ1) is 12.0. The molecule has 0 aliphatic carbocycles. The van der Waals surface area contributed by atoms with E-state index in [1.807, 2.05) is 17.9 Å². The Bertz CT molecular complexity index is 504. The van der Waals surface area contributed by atoms with Crippen molar-refractivity contribution in [1.29, 1.82) is 0 Å². The molecule has 1 heterocycles. The number of hydrogen-bond acceptors (Lipinski definition) is 3. The van der Waals surface area contributed by atoms with E-state index in [1.165, 1.54) is 0 Å². The maximum absolute atomic E-state index is 12.0. The van der Waals surface area contributed by atoms with Gasteiger partial charge in [0.25, 0.3) is 0 Å². The number of unbranched alkanes of at least 4 members (excludes halogenated alkanes) is 3. The number of rotatable bonds is 11. The Morgan fingerprint density at radius 2 is 2.08 bits per heavy atom. The van der Waals surface area contributed by atoms with E-state index in [4.69, 9.17) is 5.11 Å². The van der Waals surface area contributed by atoms with Crippen LogP contribution in [0.2, 0.25) is 0 Å². The predicted molar refractivity (Wildman–Crippen MR) is 97.9 cm³/mol. The molecule has 0 bridgehead atoms. The van der Waals surface area contributed by atoms with Crippen LogP contribution in [0.15, 0.2) is 12.2 Å². The Labute approximate surface area is 151 Å². The Hall–Kier alpha value is -1.80. The molecule has 1 aliphatic rings. The number of aliphatic hydroxyl groups is 1. The lowest BCUT2D eigenvalue weighted by atomic mass is 10.1. The zero-order chi connectivity index (χ0) is 18.5. The number of aliphatic hydroxyl groups excluding tert-OH is 1. The largest absolute Gasteiger partial charge is 0.481 e. The van der Waals surface area contributed by atoms with Gasteiger partial charge in [-0.2, -0.15) is 0 Å². The zero-order valence-electron chi connectivity index (χ0n) is 15.2. The third-order valence-corrected chi connectivity index (χ3v) is 4.34. The minimum Gasteiger partial charge on any atom is -0.481 e. The average molecular weight is 349 g/mol. The fourth-order valence-electron chi connectivity index (χ4n) is 2.94. The van der Waals surface area contributed by atoms with Crippen LogP contribution in [0.4, 0.5) is 0 Å². The Morgan fingerprint density at radius 1 is 1.32 bits per heavy atom. The molecule has 2 N–H and O–H groups in total. The van der Waals surface area contributed by atoms with E-state index in [2.05, 4.69) is 11.8 Å². The fraction of sp³-hybridized carbons (Fsp3) is 0.700. The number of carboxylic acid groups (broad SMARTS) is 1. The maximum atomic E-state index is 12.0. The molecule has 1 rings (SSSR count). The van der Waals surface area contributed by atoms with Crippen LogP contribution >= 0.6 is 0 Å². The lowest BCUT2D eigenvalue weighted by Crippen LogP contribution is -2.32. The minimum atomic E-state index is -0.751. The van der Waals surface area contributed by atoms with Gasteiger partial charge in [0.1, 0.15) is 0 Å². The van der Waals surface area contributed by atoms with Crippen LogP contribution < -0.4 is 0 Å². The van der Waals surface area contributed by atoms with E-state index in [-0.39, 0.29) is 18.4 Å². The van der Waals surface area contributed by atoms with Gasteiger partial charge in [0.15, 0.2) is 0 Å². The summed E-state index contributed by atoms with van der Waals surface area (Å²) in [6, 6.07) is 0.0721. The molecule has 0 spiro atoms. The Kier molecular flexibility index (Phi) is 10.7. The molecular weight excluding hydrogens is 318 g/mol. The van der Waals surface area contributed by atoms with Crippen molar-refractivity contribution in [3.05, 3.63) is 12.2 Å². The first kappa shape index (κ1) is 21.2. The lowest BCUT2D eigenvalue weighted by Gasteiger charge is -2.22. The highest BCUT2D eigenvalue weighted by Gasteiger charge is 2.28. The monoisotopic (exact) mass is 349 g/mol. The molecule has 0 radical (unpaired) electrons. The van der Waals surface area contributed by atoms with Gasteiger partial charge in [0.2, 0.25) is 5.91 Å². The quantitative estimate of drug-likeness (QED) is 0.341. The number of hydrogen-bond donors (Lipinski definition) is 2. The molecule has 1 amide bonds. The Morgan fingerprint density at radius 3 is 2.80 bits per heavy atom. The molecule has 2 unspecified atom stereocenters. The maximum Gasteiger partial charge on any atom is 0.303 e. The van der Waals surface area contributed by atoms with E-state index < -0.39 is 12.1 Å². The van der Waals surface area contributed by atoms with Crippen LogP contribution in [0.1, 0.15) is 71.1 Å². The van der Waals surface area contributed by atoms with Crippen LogP contribution in [0.25, 0.3) is 0 Å². The second kappa shape index (κ2) is 12.5. The topological polar surface area (TPSA) is 77.8 Å². The summed E-state index contributed by atoms with van der Waals surface area (Å²) in [7, 11) is 0. The molecule has 1 saturated heterocycles. The van der Waals surface area contributed by atoms with Crippen LogP contribution in [-0.2, 0) is 9.59 Å². The van der Waals surface area contributed by atoms with Gasteiger partial charge in [0, 0.05) is 32.2 Å². The summed E-state index contributed by atoms with van der Waals surface area (Å²) in [5.41, 5.74) is 0. The molecule has 1 fully saturated rings. The number of amides is 1. The highest BCUT2D eigenvalue weighted by molar-refractivity contribution is 5.79. The lowest BCUT2D eigenvalue weighted by molar-refractivity contribution is -0.137.